The summed E-state index contributed by atoms with van der Waals surface area (Å²) in [6.07, 6.45) is 3.57. The predicted octanol–water partition coefficient (Wildman–Crippen LogP) is 3.23. The fourth-order valence-electron chi connectivity index (χ4n) is 2.23. The SMILES string of the molecule is COc1ccc2nc(CCl)n(Cc3ccncc3)c2c1. The van der Waals surface area contributed by atoms with Gasteiger partial charge in [0.05, 0.1) is 24.0 Å². The summed E-state index contributed by atoms with van der Waals surface area (Å²) in [4.78, 5) is 8.60. The Kier molecular flexibility index (Phi) is 3.56. The van der Waals surface area contributed by atoms with Gasteiger partial charge in [-0.2, -0.15) is 0 Å². The van der Waals surface area contributed by atoms with E-state index in [0.29, 0.717) is 12.4 Å². The third-order valence-electron chi connectivity index (χ3n) is 3.24. The molecule has 4 nitrogen and oxygen atoms in total. The first-order valence-electron chi connectivity index (χ1n) is 6.30. The lowest BCUT2D eigenvalue weighted by atomic mass is 10.2. The number of fused-ring (bicyclic) bond motifs is 1. The van der Waals surface area contributed by atoms with Gasteiger partial charge in [-0.1, -0.05) is 0 Å². The molecule has 102 valence electrons. The molecule has 0 amide bonds. The van der Waals surface area contributed by atoms with Crippen LogP contribution < -0.4 is 4.74 Å². The number of methoxy groups -OCH3 is 1. The Morgan fingerprint density at radius 2 is 2.00 bits per heavy atom. The summed E-state index contributed by atoms with van der Waals surface area (Å²) in [7, 11) is 1.66. The van der Waals surface area contributed by atoms with Crippen molar-refractivity contribution in [1.29, 1.82) is 0 Å². The first kappa shape index (κ1) is 12.9. The van der Waals surface area contributed by atoms with E-state index in [1.54, 1.807) is 19.5 Å². The van der Waals surface area contributed by atoms with E-state index in [1.165, 1.54) is 0 Å². The predicted molar refractivity (Wildman–Crippen MR) is 79.2 cm³/mol. The maximum Gasteiger partial charge on any atom is 0.125 e. The lowest BCUT2D eigenvalue weighted by molar-refractivity contribution is 0.415. The van der Waals surface area contributed by atoms with Gasteiger partial charge in [0.25, 0.3) is 0 Å². The van der Waals surface area contributed by atoms with Crippen molar-refractivity contribution in [3.8, 4) is 5.75 Å². The quantitative estimate of drug-likeness (QED) is 0.692. The Morgan fingerprint density at radius 1 is 1.20 bits per heavy atom. The van der Waals surface area contributed by atoms with Crippen LogP contribution in [-0.2, 0) is 12.4 Å². The second-order valence-corrected chi connectivity index (χ2v) is 4.73. The van der Waals surface area contributed by atoms with E-state index < -0.39 is 0 Å². The van der Waals surface area contributed by atoms with Crippen LogP contribution in [0.5, 0.6) is 5.75 Å². The van der Waals surface area contributed by atoms with Gasteiger partial charge in [0, 0.05) is 25.0 Å². The molecule has 0 spiro atoms. The van der Waals surface area contributed by atoms with E-state index in [2.05, 4.69) is 14.5 Å². The van der Waals surface area contributed by atoms with E-state index in [-0.39, 0.29) is 0 Å². The van der Waals surface area contributed by atoms with Crippen LogP contribution in [0.1, 0.15) is 11.4 Å². The third kappa shape index (κ3) is 2.34. The lowest BCUT2D eigenvalue weighted by Gasteiger charge is -2.08. The monoisotopic (exact) mass is 287 g/mol. The molecule has 0 aliphatic heterocycles. The highest BCUT2D eigenvalue weighted by atomic mass is 35.5. The summed E-state index contributed by atoms with van der Waals surface area (Å²) in [5.41, 5.74) is 3.11. The average Bonchev–Trinajstić information content (AvgIpc) is 2.85. The zero-order valence-electron chi connectivity index (χ0n) is 11.1. The van der Waals surface area contributed by atoms with Gasteiger partial charge in [-0.3, -0.25) is 4.98 Å². The molecular formula is C15H14ClN3O. The van der Waals surface area contributed by atoms with E-state index in [0.717, 1.165) is 28.2 Å². The molecule has 2 heterocycles. The maximum absolute atomic E-state index is 6.02. The van der Waals surface area contributed by atoms with E-state index in [9.17, 15) is 0 Å². The number of halogens is 1. The number of nitrogens with zero attached hydrogens (tertiary/aromatic N) is 3. The van der Waals surface area contributed by atoms with Crippen LogP contribution in [0.4, 0.5) is 0 Å². The maximum atomic E-state index is 6.02. The van der Waals surface area contributed by atoms with Crippen molar-refractivity contribution in [3.63, 3.8) is 0 Å². The minimum Gasteiger partial charge on any atom is -0.497 e. The highest BCUT2D eigenvalue weighted by Gasteiger charge is 2.11. The molecule has 0 aliphatic carbocycles. The summed E-state index contributed by atoms with van der Waals surface area (Å²) in [5, 5.41) is 0. The highest BCUT2D eigenvalue weighted by molar-refractivity contribution is 6.16. The molecule has 0 N–H and O–H groups in total. The number of pyridine rings is 1. The second kappa shape index (κ2) is 5.51. The lowest BCUT2D eigenvalue weighted by Crippen LogP contribution is -2.03. The van der Waals surface area contributed by atoms with Gasteiger partial charge in [0.2, 0.25) is 0 Å². The number of alkyl halides is 1. The normalized spacial score (nSPS) is 10.9. The molecule has 0 saturated carbocycles. The molecule has 0 aliphatic rings. The molecule has 20 heavy (non-hydrogen) atoms. The van der Waals surface area contributed by atoms with Gasteiger partial charge in [-0.15, -0.1) is 11.6 Å². The molecule has 3 aromatic rings. The Morgan fingerprint density at radius 3 is 2.70 bits per heavy atom. The largest absolute Gasteiger partial charge is 0.497 e. The first-order valence-corrected chi connectivity index (χ1v) is 6.83. The average molecular weight is 288 g/mol. The standard InChI is InChI=1S/C15H14ClN3O/c1-20-12-2-3-13-14(8-12)19(15(9-16)18-13)10-11-4-6-17-7-5-11/h2-8H,9-10H2,1H3. The van der Waals surface area contributed by atoms with Gasteiger partial charge in [0.15, 0.2) is 0 Å². The molecule has 5 heteroatoms. The van der Waals surface area contributed by atoms with Crippen molar-refractivity contribution >= 4 is 22.6 Å². The Balaban J connectivity index is 2.11. The Hall–Kier alpha value is -2.07. The highest BCUT2D eigenvalue weighted by Crippen LogP contribution is 2.23. The van der Waals surface area contributed by atoms with E-state index in [1.807, 2.05) is 30.3 Å². The number of benzene rings is 1. The molecule has 0 atom stereocenters. The van der Waals surface area contributed by atoms with Crippen LogP contribution in [0.15, 0.2) is 42.7 Å². The van der Waals surface area contributed by atoms with Crippen LogP contribution in [0, 0.1) is 0 Å². The number of hydrogen-bond donors (Lipinski definition) is 0. The van der Waals surface area contributed by atoms with Crippen molar-refractivity contribution in [2.24, 2.45) is 0 Å². The second-order valence-electron chi connectivity index (χ2n) is 4.46. The van der Waals surface area contributed by atoms with Crippen molar-refractivity contribution in [3.05, 3.63) is 54.1 Å². The zero-order valence-corrected chi connectivity index (χ0v) is 11.8. The Labute approximate surface area is 122 Å². The Bertz CT molecular complexity index is 725. The van der Waals surface area contributed by atoms with Crippen LogP contribution in [0.3, 0.4) is 0 Å². The molecule has 3 rings (SSSR count). The summed E-state index contributed by atoms with van der Waals surface area (Å²) >= 11 is 6.02. The van der Waals surface area contributed by atoms with Crippen LogP contribution >= 0.6 is 11.6 Å². The fourth-order valence-corrected chi connectivity index (χ4v) is 2.43. The van der Waals surface area contributed by atoms with E-state index >= 15 is 0 Å². The number of rotatable bonds is 4. The molecule has 0 unspecified atom stereocenters. The number of aromatic nitrogens is 3. The molecular weight excluding hydrogens is 274 g/mol. The zero-order chi connectivity index (χ0) is 13.9. The number of imidazole rings is 1. The molecule has 2 aromatic heterocycles. The molecule has 0 fully saturated rings. The summed E-state index contributed by atoms with van der Waals surface area (Å²) < 4.78 is 7.40. The van der Waals surface area contributed by atoms with Gasteiger partial charge >= 0.3 is 0 Å². The minimum atomic E-state index is 0.377. The number of ether oxygens (including phenoxy) is 1. The van der Waals surface area contributed by atoms with Crippen molar-refractivity contribution in [2.75, 3.05) is 7.11 Å². The smallest absolute Gasteiger partial charge is 0.125 e. The number of hydrogen-bond acceptors (Lipinski definition) is 3. The first-order chi connectivity index (χ1) is 9.81. The molecule has 1 aromatic carbocycles. The molecule has 0 saturated heterocycles. The molecule has 0 bridgehead atoms. The molecule has 0 radical (unpaired) electrons. The minimum absolute atomic E-state index is 0.377. The summed E-state index contributed by atoms with van der Waals surface area (Å²) in [6, 6.07) is 9.82. The van der Waals surface area contributed by atoms with Gasteiger partial charge < -0.3 is 9.30 Å². The van der Waals surface area contributed by atoms with Gasteiger partial charge in [-0.25, -0.2) is 4.98 Å². The topological polar surface area (TPSA) is 39.9 Å². The van der Waals surface area contributed by atoms with Crippen LogP contribution in [0.2, 0.25) is 0 Å². The fraction of sp³-hybridized carbons (Fsp3) is 0.200. The van der Waals surface area contributed by atoms with Crippen LogP contribution in [0.25, 0.3) is 11.0 Å². The van der Waals surface area contributed by atoms with Crippen molar-refractivity contribution in [1.82, 2.24) is 14.5 Å². The van der Waals surface area contributed by atoms with Crippen molar-refractivity contribution in [2.45, 2.75) is 12.4 Å². The summed E-state index contributed by atoms with van der Waals surface area (Å²) in [6.45, 7) is 0.717. The van der Waals surface area contributed by atoms with Gasteiger partial charge in [0.1, 0.15) is 11.6 Å². The summed E-state index contributed by atoms with van der Waals surface area (Å²) in [5.74, 6) is 2.04. The third-order valence-corrected chi connectivity index (χ3v) is 3.48. The van der Waals surface area contributed by atoms with Crippen molar-refractivity contribution < 1.29 is 4.74 Å². The van der Waals surface area contributed by atoms with Crippen LogP contribution in [-0.4, -0.2) is 21.6 Å². The van der Waals surface area contributed by atoms with Gasteiger partial charge in [-0.05, 0) is 29.8 Å². The van der Waals surface area contributed by atoms with E-state index in [4.69, 9.17) is 16.3 Å².